The third-order valence-corrected chi connectivity index (χ3v) is 6.01. The van der Waals surface area contributed by atoms with E-state index in [4.69, 9.17) is 9.47 Å². The van der Waals surface area contributed by atoms with Crippen molar-refractivity contribution in [2.45, 2.75) is 84.2 Å². The number of para-hydroxylation sites is 1. The summed E-state index contributed by atoms with van der Waals surface area (Å²) in [7, 11) is 1.30. The number of ether oxygens (including phenoxy) is 2. The van der Waals surface area contributed by atoms with Crippen molar-refractivity contribution >= 4 is 23.9 Å². The summed E-state index contributed by atoms with van der Waals surface area (Å²) in [5.74, 6) is -2.52. The number of amides is 3. The Balaban J connectivity index is 2.47. The van der Waals surface area contributed by atoms with Crippen molar-refractivity contribution < 1.29 is 38.9 Å². The second kappa shape index (κ2) is 14.2. The number of hydrogen-bond donors (Lipinski definition) is 4. The number of likely N-dealkylation sites (N-methyl/N-ethyl adjacent to an activating group) is 1. The zero-order valence-electron chi connectivity index (χ0n) is 25.6. The average Bonchev–Trinajstić information content (AvgIpc) is 2.87. The van der Waals surface area contributed by atoms with E-state index in [1.807, 2.05) is 6.07 Å². The molecule has 0 saturated heterocycles. The molecule has 0 aromatic heterocycles. The Morgan fingerprint density at radius 1 is 0.857 bits per heavy atom. The summed E-state index contributed by atoms with van der Waals surface area (Å²) in [6.07, 6.45) is -0.832. The SMILES string of the molecule is Cc1cccc(C(C(=O)NC(Cc2ccccc2)C(=O)OC(C)(C)C)N(C)C(=O)C(CO)NC(=O)OC(C)(C)C)c1O. The van der Waals surface area contributed by atoms with Crippen molar-refractivity contribution in [3.63, 3.8) is 0 Å². The smallest absolute Gasteiger partial charge is 0.408 e. The molecule has 0 heterocycles. The van der Waals surface area contributed by atoms with E-state index in [0.717, 1.165) is 10.5 Å². The van der Waals surface area contributed by atoms with Crippen LogP contribution in [0.15, 0.2) is 48.5 Å². The quantitative estimate of drug-likeness (QED) is 0.310. The Bertz CT molecular complexity index is 1250. The molecule has 3 atom stereocenters. The highest BCUT2D eigenvalue weighted by molar-refractivity contribution is 5.94. The van der Waals surface area contributed by atoms with E-state index in [2.05, 4.69) is 10.6 Å². The summed E-state index contributed by atoms with van der Waals surface area (Å²) in [4.78, 5) is 54.0. The van der Waals surface area contributed by atoms with Crippen LogP contribution >= 0.6 is 0 Å². The van der Waals surface area contributed by atoms with Gasteiger partial charge in [0.05, 0.1) is 6.61 Å². The summed E-state index contributed by atoms with van der Waals surface area (Å²) in [6.45, 7) is 10.9. The highest BCUT2D eigenvalue weighted by Crippen LogP contribution is 2.31. The van der Waals surface area contributed by atoms with Gasteiger partial charge in [0.25, 0.3) is 0 Å². The van der Waals surface area contributed by atoms with E-state index in [9.17, 15) is 29.4 Å². The largest absolute Gasteiger partial charge is 0.507 e. The van der Waals surface area contributed by atoms with E-state index in [0.29, 0.717) is 5.56 Å². The first-order valence-electron chi connectivity index (χ1n) is 13.7. The molecule has 3 unspecified atom stereocenters. The zero-order valence-corrected chi connectivity index (χ0v) is 25.6. The van der Waals surface area contributed by atoms with Crippen LogP contribution in [0, 0.1) is 6.92 Å². The molecule has 0 fully saturated rings. The molecule has 0 aliphatic heterocycles. The predicted molar refractivity (Wildman–Crippen MR) is 157 cm³/mol. The number of aliphatic hydroxyl groups excluding tert-OH is 1. The first-order chi connectivity index (χ1) is 19.4. The van der Waals surface area contributed by atoms with Crippen molar-refractivity contribution in [3.8, 4) is 5.75 Å². The number of hydrogen-bond acceptors (Lipinski definition) is 8. The minimum atomic E-state index is -1.46. The van der Waals surface area contributed by atoms with E-state index < -0.39 is 59.8 Å². The number of esters is 1. The minimum absolute atomic E-state index is 0.0833. The number of nitrogens with zero attached hydrogens (tertiary/aromatic N) is 1. The van der Waals surface area contributed by atoms with Crippen molar-refractivity contribution in [1.82, 2.24) is 15.5 Å². The van der Waals surface area contributed by atoms with E-state index in [1.165, 1.54) is 13.1 Å². The van der Waals surface area contributed by atoms with E-state index in [1.54, 1.807) is 84.9 Å². The monoisotopic (exact) mass is 585 g/mol. The molecule has 0 radical (unpaired) electrons. The molecule has 42 heavy (non-hydrogen) atoms. The normalized spacial score (nSPS) is 13.7. The third-order valence-electron chi connectivity index (χ3n) is 6.01. The molecule has 3 amide bonds. The molecule has 230 valence electrons. The number of aryl methyl sites for hydroxylation is 1. The van der Waals surface area contributed by atoms with Gasteiger partial charge in [-0.2, -0.15) is 0 Å². The Hall–Kier alpha value is -4.12. The first kappa shape index (κ1) is 34.1. The van der Waals surface area contributed by atoms with Crippen LogP contribution in [0.25, 0.3) is 0 Å². The highest BCUT2D eigenvalue weighted by Gasteiger charge is 2.37. The van der Waals surface area contributed by atoms with Crippen LogP contribution in [0.5, 0.6) is 5.75 Å². The topological polar surface area (TPSA) is 154 Å². The van der Waals surface area contributed by atoms with Gasteiger partial charge in [-0.1, -0.05) is 48.5 Å². The zero-order chi connectivity index (χ0) is 31.8. The molecule has 0 aliphatic rings. The number of nitrogens with one attached hydrogen (secondary N) is 2. The van der Waals surface area contributed by atoms with Gasteiger partial charge in [-0.15, -0.1) is 0 Å². The van der Waals surface area contributed by atoms with Crippen LogP contribution < -0.4 is 10.6 Å². The van der Waals surface area contributed by atoms with Gasteiger partial charge in [0.2, 0.25) is 11.8 Å². The van der Waals surface area contributed by atoms with Crippen LogP contribution in [-0.2, 0) is 30.3 Å². The number of carbonyl (C=O) groups excluding carboxylic acids is 4. The fourth-order valence-corrected chi connectivity index (χ4v) is 4.10. The Morgan fingerprint density at radius 2 is 1.45 bits per heavy atom. The molecule has 0 aliphatic carbocycles. The first-order valence-corrected chi connectivity index (χ1v) is 13.7. The summed E-state index contributed by atoms with van der Waals surface area (Å²) in [5.41, 5.74) is -0.400. The van der Waals surface area contributed by atoms with Crippen LogP contribution in [0.3, 0.4) is 0 Å². The standard InChI is InChI=1S/C31H43N3O8/c1-19-13-12-16-21(25(19)36)24(34(8)27(38)23(18-35)33-29(40)42-31(5,6)7)26(37)32-22(28(39)41-30(2,3)4)17-20-14-10-9-11-15-20/h9-16,22-24,35-36H,17-18H2,1-8H3,(H,32,37)(H,33,40). The number of phenolic OH excluding ortho intramolecular Hbond substituents is 1. The van der Waals surface area contributed by atoms with Crippen molar-refractivity contribution in [3.05, 3.63) is 65.2 Å². The van der Waals surface area contributed by atoms with E-state index in [-0.39, 0.29) is 17.7 Å². The predicted octanol–water partition coefficient (Wildman–Crippen LogP) is 3.15. The fourth-order valence-electron chi connectivity index (χ4n) is 4.10. The second-order valence-electron chi connectivity index (χ2n) is 12.0. The van der Waals surface area contributed by atoms with E-state index >= 15 is 0 Å². The summed E-state index contributed by atoms with van der Waals surface area (Å²) in [6, 6.07) is 9.71. The molecule has 2 aromatic rings. The Kier molecular flexibility index (Phi) is 11.5. The van der Waals surface area contributed by atoms with Crippen molar-refractivity contribution in [2.24, 2.45) is 0 Å². The maximum atomic E-state index is 13.9. The molecule has 0 saturated carbocycles. The number of carbonyl (C=O) groups is 4. The molecule has 4 N–H and O–H groups in total. The number of benzene rings is 2. The summed E-state index contributed by atoms with van der Waals surface area (Å²) < 4.78 is 10.8. The van der Waals surface area contributed by atoms with Crippen LogP contribution in [0.1, 0.15) is 64.3 Å². The van der Waals surface area contributed by atoms with Gasteiger partial charge in [0.1, 0.15) is 35.1 Å². The summed E-state index contributed by atoms with van der Waals surface area (Å²) in [5, 5.41) is 25.9. The maximum Gasteiger partial charge on any atom is 0.408 e. The summed E-state index contributed by atoms with van der Waals surface area (Å²) >= 11 is 0. The maximum absolute atomic E-state index is 13.9. The molecule has 11 nitrogen and oxygen atoms in total. The lowest BCUT2D eigenvalue weighted by molar-refractivity contribution is -0.159. The molecule has 0 spiro atoms. The van der Waals surface area contributed by atoms with Crippen LogP contribution in [0.2, 0.25) is 0 Å². The Labute approximate surface area is 247 Å². The molecular weight excluding hydrogens is 542 g/mol. The lowest BCUT2D eigenvalue weighted by Gasteiger charge is -2.33. The second-order valence-corrected chi connectivity index (χ2v) is 12.0. The van der Waals surface area contributed by atoms with Crippen molar-refractivity contribution in [1.29, 1.82) is 0 Å². The average molecular weight is 586 g/mol. The van der Waals surface area contributed by atoms with Crippen molar-refractivity contribution in [2.75, 3.05) is 13.7 Å². The van der Waals surface area contributed by atoms with Gasteiger partial charge in [-0.3, -0.25) is 9.59 Å². The number of aliphatic hydroxyl groups is 1. The number of phenols is 1. The van der Waals surface area contributed by atoms with Gasteiger partial charge in [-0.05, 0) is 59.6 Å². The van der Waals surface area contributed by atoms with Crippen LogP contribution in [-0.4, -0.2) is 75.9 Å². The lowest BCUT2D eigenvalue weighted by atomic mass is 9.98. The molecule has 2 aromatic carbocycles. The minimum Gasteiger partial charge on any atom is -0.507 e. The number of rotatable bonds is 10. The Morgan fingerprint density at radius 3 is 2.00 bits per heavy atom. The van der Waals surface area contributed by atoms with Gasteiger partial charge >= 0.3 is 12.1 Å². The molecule has 0 bridgehead atoms. The molecule has 2 rings (SSSR count). The highest BCUT2D eigenvalue weighted by atomic mass is 16.6. The molecular formula is C31H43N3O8. The lowest BCUT2D eigenvalue weighted by Crippen LogP contribution is -2.54. The van der Waals surface area contributed by atoms with Gasteiger partial charge in [0.15, 0.2) is 0 Å². The van der Waals surface area contributed by atoms with Crippen LogP contribution in [0.4, 0.5) is 4.79 Å². The third kappa shape index (κ3) is 10.1. The van der Waals surface area contributed by atoms with Gasteiger partial charge in [0, 0.05) is 19.0 Å². The number of alkyl carbamates (subject to hydrolysis) is 1. The van der Waals surface area contributed by atoms with Gasteiger partial charge in [-0.25, -0.2) is 9.59 Å². The molecule has 11 heteroatoms. The number of aromatic hydroxyl groups is 1. The van der Waals surface area contributed by atoms with Gasteiger partial charge < -0.3 is 35.2 Å². The fraction of sp³-hybridized carbons (Fsp3) is 0.484.